The lowest BCUT2D eigenvalue weighted by Crippen LogP contribution is -2.08. The first-order chi connectivity index (χ1) is 7.88. The topological polar surface area (TPSA) is 69.4 Å². The van der Waals surface area contributed by atoms with Gasteiger partial charge in [-0.05, 0) is 12.3 Å². The number of ether oxygens (including phenoxy) is 2. The van der Waals surface area contributed by atoms with Crippen molar-refractivity contribution in [1.29, 1.82) is 0 Å². The van der Waals surface area contributed by atoms with E-state index in [4.69, 9.17) is 14.0 Å². The van der Waals surface area contributed by atoms with Crippen molar-refractivity contribution in [2.24, 2.45) is 5.92 Å². The van der Waals surface area contributed by atoms with Crippen molar-refractivity contribution >= 4 is 6.01 Å². The first kappa shape index (κ1) is 11.3. The normalized spacial score (nSPS) is 20.2. The van der Waals surface area contributed by atoms with E-state index in [0.717, 1.165) is 31.9 Å². The maximum atomic E-state index is 5.30. The van der Waals surface area contributed by atoms with E-state index < -0.39 is 0 Å². The molecule has 90 valence electrons. The number of anilines is 1. The van der Waals surface area contributed by atoms with Crippen LogP contribution in [-0.2, 0) is 15.9 Å². The molecule has 1 aromatic heterocycles. The van der Waals surface area contributed by atoms with E-state index >= 15 is 0 Å². The molecule has 0 spiro atoms. The number of nitrogens with one attached hydrogen (secondary N) is 1. The van der Waals surface area contributed by atoms with Crippen LogP contribution in [0.25, 0.3) is 0 Å². The number of rotatable bonds is 6. The molecule has 0 bridgehead atoms. The Labute approximate surface area is 94.3 Å². The van der Waals surface area contributed by atoms with E-state index in [1.165, 1.54) is 0 Å². The lowest BCUT2D eigenvalue weighted by Gasteiger charge is -2.01. The number of nitrogens with zero attached hydrogens (tertiary/aromatic N) is 2. The summed E-state index contributed by atoms with van der Waals surface area (Å²) in [6, 6.07) is 0.464. The SMILES string of the molecule is COCCNc1nc(CC2CCOC2)no1. The Morgan fingerprint density at radius 3 is 3.25 bits per heavy atom. The third-order valence-corrected chi connectivity index (χ3v) is 2.55. The van der Waals surface area contributed by atoms with Gasteiger partial charge >= 0.3 is 6.01 Å². The van der Waals surface area contributed by atoms with Crippen molar-refractivity contribution < 1.29 is 14.0 Å². The summed E-state index contributed by atoms with van der Waals surface area (Å²) in [4.78, 5) is 4.25. The summed E-state index contributed by atoms with van der Waals surface area (Å²) >= 11 is 0. The van der Waals surface area contributed by atoms with E-state index in [-0.39, 0.29) is 0 Å². The predicted molar refractivity (Wildman–Crippen MR) is 57.3 cm³/mol. The van der Waals surface area contributed by atoms with Crippen molar-refractivity contribution in [3.8, 4) is 0 Å². The molecule has 1 saturated heterocycles. The van der Waals surface area contributed by atoms with E-state index in [1.54, 1.807) is 7.11 Å². The fraction of sp³-hybridized carbons (Fsp3) is 0.800. The molecule has 0 saturated carbocycles. The third kappa shape index (κ3) is 3.18. The molecular formula is C10H17N3O3. The molecular weight excluding hydrogens is 210 g/mol. The highest BCUT2D eigenvalue weighted by Gasteiger charge is 2.18. The zero-order valence-electron chi connectivity index (χ0n) is 9.44. The zero-order chi connectivity index (χ0) is 11.2. The lowest BCUT2D eigenvalue weighted by atomic mass is 10.1. The van der Waals surface area contributed by atoms with Gasteiger partial charge in [-0.15, -0.1) is 0 Å². The number of hydrogen-bond donors (Lipinski definition) is 1. The highest BCUT2D eigenvalue weighted by molar-refractivity contribution is 5.17. The number of hydrogen-bond acceptors (Lipinski definition) is 6. The minimum absolute atomic E-state index is 0.464. The first-order valence-electron chi connectivity index (χ1n) is 5.51. The van der Waals surface area contributed by atoms with Gasteiger partial charge in [0.2, 0.25) is 0 Å². The molecule has 1 fully saturated rings. The summed E-state index contributed by atoms with van der Waals surface area (Å²) in [6.07, 6.45) is 1.91. The second-order valence-corrected chi connectivity index (χ2v) is 3.87. The van der Waals surface area contributed by atoms with Gasteiger partial charge in [0.15, 0.2) is 5.82 Å². The van der Waals surface area contributed by atoms with Gasteiger partial charge < -0.3 is 19.3 Å². The van der Waals surface area contributed by atoms with Crippen molar-refractivity contribution in [2.45, 2.75) is 12.8 Å². The minimum atomic E-state index is 0.464. The van der Waals surface area contributed by atoms with Gasteiger partial charge in [-0.25, -0.2) is 0 Å². The number of aromatic nitrogens is 2. The molecule has 1 aliphatic rings. The predicted octanol–water partition coefficient (Wildman–Crippen LogP) is 0.707. The van der Waals surface area contributed by atoms with E-state index in [1.807, 2.05) is 0 Å². The van der Waals surface area contributed by atoms with E-state index in [9.17, 15) is 0 Å². The zero-order valence-corrected chi connectivity index (χ0v) is 9.44. The second-order valence-electron chi connectivity index (χ2n) is 3.87. The van der Waals surface area contributed by atoms with Crippen molar-refractivity contribution in [3.05, 3.63) is 5.82 Å². The van der Waals surface area contributed by atoms with Crippen LogP contribution in [0.3, 0.4) is 0 Å². The van der Waals surface area contributed by atoms with Crippen LogP contribution in [0.4, 0.5) is 6.01 Å². The summed E-state index contributed by atoms with van der Waals surface area (Å²) in [6.45, 7) is 2.95. The van der Waals surface area contributed by atoms with Gasteiger partial charge in [0, 0.05) is 33.3 Å². The molecule has 1 aliphatic heterocycles. The summed E-state index contributed by atoms with van der Waals surface area (Å²) in [5.74, 6) is 1.28. The molecule has 0 amide bonds. The molecule has 2 heterocycles. The van der Waals surface area contributed by atoms with Crippen molar-refractivity contribution in [3.63, 3.8) is 0 Å². The van der Waals surface area contributed by atoms with Crippen LogP contribution in [-0.4, -0.2) is 43.6 Å². The van der Waals surface area contributed by atoms with Gasteiger partial charge in [0.05, 0.1) is 6.61 Å². The lowest BCUT2D eigenvalue weighted by molar-refractivity contribution is 0.185. The molecule has 1 atom stereocenters. The van der Waals surface area contributed by atoms with Gasteiger partial charge in [0.25, 0.3) is 0 Å². The molecule has 1 aromatic rings. The molecule has 16 heavy (non-hydrogen) atoms. The highest BCUT2D eigenvalue weighted by atomic mass is 16.5. The Hall–Kier alpha value is -1.14. The summed E-state index contributed by atoms with van der Waals surface area (Å²) in [7, 11) is 1.65. The van der Waals surface area contributed by atoms with Gasteiger partial charge in [-0.3, -0.25) is 0 Å². The standard InChI is InChI=1S/C10H17N3O3/c1-14-5-3-11-10-12-9(13-16-10)6-8-2-4-15-7-8/h8H,2-7H2,1H3,(H,11,12,13). The average molecular weight is 227 g/mol. The molecule has 0 aliphatic carbocycles. The Kier molecular flexibility index (Phi) is 4.12. The van der Waals surface area contributed by atoms with Crippen LogP contribution >= 0.6 is 0 Å². The van der Waals surface area contributed by atoms with E-state index in [2.05, 4.69) is 15.5 Å². The minimum Gasteiger partial charge on any atom is -0.383 e. The van der Waals surface area contributed by atoms with Crippen LogP contribution in [0, 0.1) is 5.92 Å². The molecule has 6 nitrogen and oxygen atoms in total. The Morgan fingerprint density at radius 1 is 1.56 bits per heavy atom. The van der Waals surface area contributed by atoms with Crippen LogP contribution in [0.2, 0.25) is 0 Å². The van der Waals surface area contributed by atoms with Crippen LogP contribution in [0.15, 0.2) is 4.52 Å². The van der Waals surface area contributed by atoms with Gasteiger partial charge in [-0.1, -0.05) is 5.16 Å². The summed E-state index contributed by atoms with van der Waals surface area (Å²) in [5, 5.41) is 6.91. The molecule has 1 unspecified atom stereocenters. The maximum Gasteiger partial charge on any atom is 0.321 e. The molecule has 6 heteroatoms. The van der Waals surface area contributed by atoms with E-state index in [0.29, 0.717) is 25.1 Å². The van der Waals surface area contributed by atoms with Gasteiger partial charge in [0.1, 0.15) is 0 Å². The van der Waals surface area contributed by atoms with Crippen LogP contribution < -0.4 is 5.32 Å². The summed E-state index contributed by atoms with van der Waals surface area (Å²) < 4.78 is 15.3. The van der Waals surface area contributed by atoms with Crippen LogP contribution in [0.1, 0.15) is 12.2 Å². The van der Waals surface area contributed by atoms with Crippen molar-refractivity contribution in [1.82, 2.24) is 10.1 Å². The van der Waals surface area contributed by atoms with Gasteiger partial charge in [-0.2, -0.15) is 4.98 Å². The molecule has 0 aromatic carbocycles. The first-order valence-corrected chi connectivity index (χ1v) is 5.51. The smallest absolute Gasteiger partial charge is 0.321 e. The Morgan fingerprint density at radius 2 is 2.50 bits per heavy atom. The third-order valence-electron chi connectivity index (χ3n) is 2.55. The quantitative estimate of drug-likeness (QED) is 0.722. The Bertz CT molecular complexity index is 310. The highest BCUT2D eigenvalue weighted by Crippen LogP contribution is 2.17. The van der Waals surface area contributed by atoms with Crippen molar-refractivity contribution in [2.75, 3.05) is 38.8 Å². The molecule has 1 N–H and O–H groups in total. The fourth-order valence-electron chi connectivity index (χ4n) is 1.67. The largest absolute Gasteiger partial charge is 0.383 e. The summed E-state index contributed by atoms with van der Waals surface area (Å²) in [5.41, 5.74) is 0. The maximum absolute atomic E-state index is 5.30. The fourth-order valence-corrected chi connectivity index (χ4v) is 1.67. The molecule has 2 rings (SSSR count). The second kappa shape index (κ2) is 5.81. The average Bonchev–Trinajstić information content (AvgIpc) is 2.91. The number of methoxy groups -OCH3 is 1. The van der Waals surface area contributed by atoms with Crippen LogP contribution in [0.5, 0.6) is 0 Å². The Balaban J connectivity index is 1.77. The monoisotopic (exact) mass is 227 g/mol. The molecule has 0 radical (unpaired) electrons.